The molecule has 3 rings (SSSR count). The molecule has 1 heterocycles. The first-order valence-corrected chi connectivity index (χ1v) is 10.9. The smallest absolute Gasteiger partial charge is 0.287 e. The predicted molar refractivity (Wildman–Crippen MR) is 122 cm³/mol. The first kappa shape index (κ1) is 22.6. The Labute approximate surface area is 185 Å². The van der Waals surface area contributed by atoms with Crippen molar-refractivity contribution < 1.29 is 18.8 Å². The molecule has 164 valence electrons. The molecule has 0 saturated heterocycles. The maximum Gasteiger partial charge on any atom is 0.287 e. The maximum atomic E-state index is 12.4. The third kappa shape index (κ3) is 7.30. The van der Waals surface area contributed by atoms with Crippen LogP contribution in [0.1, 0.15) is 47.7 Å². The second-order valence-corrected chi connectivity index (χ2v) is 8.32. The fourth-order valence-electron chi connectivity index (χ4n) is 3.55. The molecule has 0 fully saturated rings. The number of quaternary nitrogens is 1. The molecule has 5 nitrogen and oxygen atoms in total. The Morgan fingerprint density at radius 3 is 2.45 bits per heavy atom. The number of hydrogen-bond acceptors (Lipinski definition) is 3. The van der Waals surface area contributed by atoms with Crippen LogP contribution < -0.4 is 15.0 Å². The number of ether oxygens (including phenoxy) is 1. The van der Waals surface area contributed by atoms with Crippen molar-refractivity contribution in [2.24, 2.45) is 5.92 Å². The minimum absolute atomic E-state index is 0.149. The van der Waals surface area contributed by atoms with E-state index in [1.165, 1.54) is 16.0 Å². The Morgan fingerprint density at radius 2 is 1.71 bits per heavy atom. The lowest BCUT2D eigenvalue weighted by molar-refractivity contribution is -0.942. The molecule has 31 heavy (non-hydrogen) atoms. The lowest BCUT2D eigenvalue weighted by Gasteiger charge is -2.19. The van der Waals surface area contributed by atoms with Crippen LogP contribution in [0.5, 0.6) is 5.75 Å². The van der Waals surface area contributed by atoms with Gasteiger partial charge in [-0.25, -0.2) is 0 Å². The van der Waals surface area contributed by atoms with Crippen LogP contribution in [0.3, 0.4) is 0 Å². The van der Waals surface area contributed by atoms with Gasteiger partial charge in [-0.05, 0) is 36.6 Å². The molecule has 0 bridgehead atoms. The minimum Gasteiger partial charge on any atom is -0.497 e. The van der Waals surface area contributed by atoms with Crippen molar-refractivity contribution in [3.63, 3.8) is 0 Å². The van der Waals surface area contributed by atoms with Gasteiger partial charge in [0.15, 0.2) is 11.5 Å². The van der Waals surface area contributed by atoms with E-state index in [0.717, 1.165) is 31.0 Å². The number of carbonyl (C=O) groups excluding carboxylic acids is 1. The monoisotopic (exact) mass is 421 g/mol. The molecular weight excluding hydrogens is 388 g/mol. The van der Waals surface area contributed by atoms with Crippen LogP contribution in [0.2, 0.25) is 0 Å². The number of amides is 1. The Morgan fingerprint density at radius 1 is 0.968 bits per heavy atom. The highest BCUT2D eigenvalue weighted by atomic mass is 16.5. The van der Waals surface area contributed by atoms with Crippen molar-refractivity contribution in [3.05, 3.63) is 89.4 Å². The summed E-state index contributed by atoms with van der Waals surface area (Å²) in [5, 5.41) is 2.94. The summed E-state index contributed by atoms with van der Waals surface area (Å²) in [6.45, 7) is 7.31. The topological polar surface area (TPSA) is 55.9 Å². The summed E-state index contributed by atoms with van der Waals surface area (Å²) in [6.07, 6.45) is 0.953. The molecule has 0 aliphatic heterocycles. The quantitative estimate of drug-likeness (QED) is 0.494. The van der Waals surface area contributed by atoms with E-state index in [9.17, 15) is 4.79 Å². The molecule has 0 saturated carbocycles. The zero-order valence-corrected chi connectivity index (χ0v) is 18.7. The molecular formula is C26H33N2O3+. The van der Waals surface area contributed by atoms with Gasteiger partial charge in [0.2, 0.25) is 0 Å². The highest BCUT2D eigenvalue weighted by molar-refractivity contribution is 5.91. The van der Waals surface area contributed by atoms with E-state index in [0.29, 0.717) is 24.8 Å². The molecule has 3 aromatic rings. The normalized spacial score (nSPS) is 12.0. The van der Waals surface area contributed by atoms with Crippen molar-refractivity contribution in [1.29, 1.82) is 0 Å². The van der Waals surface area contributed by atoms with Crippen LogP contribution in [0.25, 0.3) is 0 Å². The Bertz CT molecular complexity index is 950. The molecule has 0 aliphatic rings. The van der Waals surface area contributed by atoms with Gasteiger partial charge in [0.05, 0.1) is 7.11 Å². The Balaban J connectivity index is 1.69. The van der Waals surface area contributed by atoms with Gasteiger partial charge in [-0.15, -0.1) is 0 Å². The maximum absolute atomic E-state index is 12.4. The Kier molecular flexibility index (Phi) is 8.30. The standard InChI is InChI=1S/C26H32N2O3/c1-20(2)14-15-27-26(29)25-13-12-24(31-25)19-28(17-21-8-5-4-6-9-21)18-22-10-7-11-23(16-22)30-3/h4-13,16,20H,14-15,17-19H2,1-3H3,(H,27,29)/p+1. The summed E-state index contributed by atoms with van der Waals surface area (Å²) in [7, 11) is 1.68. The average molecular weight is 422 g/mol. The molecule has 1 unspecified atom stereocenters. The predicted octanol–water partition coefficient (Wildman–Crippen LogP) is 3.85. The van der Waals surface area contributed by atoms with E-state index in [-0.39, 0.29) is 5.91 Å². The van der Waals surface area contributed by atoms with E-state index >= 15 is 0 Å². The second kappa shape index (κ2) is 11.4. The van der Waals surface area contributed by atoms with E-state index in [4.69, 9.17) is 9.15 Å². The first-order valence-electron chi connectivity index (χ1n) is 10.9. The van der Waals surface area contributed by atoms with Crippen LogP contribution in [0, 0.1) is 5.92 Å². The molecule has 1 amide bonds. The minimum atomic E-state index is -0.149. The summed E-state index contributed by atoms with van der Waals surface area (Å²) in [4.78, 5) is 13.7. The largest absolute Gasteiger partial charge is 0.497 e. The van der Waals surface area contributed by atoms with Gasteiger partial charge in [0.25, 0.3) is 5.91 Å². The third-order valence-corrected chi connectivity index (χ3v) is 5.20. The molecule has 1 aromatic heterocycles. The van der Waals surface area contributed by atoms with E-state index < -0.39 is 0 Å². The zero-order chi connectivity index (χ0) is 22.1. The van der Waals surface area contributed by atoms with Gasteiger partial charge in [-0.1, -0.05) is 56.3 Å². The van der Waals surface area contributed by atoms with Gasteiger partial charge in [-0.2, -0.15) is 0 Å². The lowest BCUT2D eigenvalue weighted by Crippen LogP contribution is -3.08. The third-order valence-electron chi connectivity index (χ3n) is 5.20. The molecule has 2 aromatic carbocycles. The van der Waals surface area contributed by atoms with Crippen molar-refractivity contribution in [2.45, 2.75) is 39.9 Å². The van der Waals surface area contributed by atoms with Gasteiger partial charge in [0, 0.05) is 17.7 Å². The first-order chi connectivity index (χ1) is 15.0. The van der Waals surface area contributed by atoms with E-state index in [2.05, 4.69) is 55.6 Å². The van der Waals surface area contributed by atoms with Crippen molar-refractivity contribution in [3.8, 4) is 5.75 Å². The summed E-state index contributed by atoms with van der Waals surface area (Å²) in [5.41, 5.74) is 2.46. The fraction of sp³-hybridized carbons (Fsp3) is 0.346. The average Bonchev–Trinajstić information content (AvgIpc) is 3.23. The van der Waals surface area contributed by atoms with E-state index in [1.807, 2.05) is 24.3 Å². The van der Waals surface area contributed by atoms with Gasteiger partial charge < -0.3 is 19.4 Å². The number of rotatable bonds is 11. The van der Waals surface area contributed by atoms with Crippen LogP contribution >= 0.6 is 0 Å². The van der Waals surface area contributed by atoms with Crippen molar-refractivity contribution >= 4 is 5.91 Å². The van der Waals surface area contributed by atoms with E-state index in [1.54, 1.807) is 13.2 Å². The van der Waals surface area contributed by atoms with Crippen LogP contribution in [0.4, 0.5) is 0 Å². The van der Waals surface area contributed by atoms with Gasteiger partial charge >= 0.3 is 0 Å². The summed E-state index contributed by atoms with van der Waals surface area (Å²) < 4.78 is 11.3. The Hall–Kier alpha value is -3.05. The van der Waals surface area contributed by atoms with Crippen molar-refractivity contribution in [1.82, 2.24) is 5.32 Å². The number of hydrogen-bond donors (Lipinski definition) is 2. The number of benzene rings is 2. The number of methoxy groups -OCH3 is 1. The number of nitrogens with one attached hydrogen (secondary N) is 2. The second-order valence-electron chi connectivity index (χ2n) is 8.32. The molecule has 2 N–H and O–H groups in total. The van der Waals surface area contributed by atoms with Crippen LogP contribution in [-0.2, 0) is 19.6 Å². The SMILES string of the molecule is COc1cccc(C[NH+](Cc2ccccc2)Cc2ccc(C(=O)NCCC(C)C)o2)c1. The van der Waals surface area contributed by atoms with Crippen molar-refractivity contribution in [2.75, 3.05) is 13.7 Å². The summed E-state index contributed by atoms with van der Waals surface area (Å²) in [6, 6.07) is 22.3. The molecule has 0 aliphatic carbocycles. The summed E-state index contributed by atoms with van der Waals surface area (Å²) in [5.74, 6) is 2.44. The number of carbonyl (C=O) groups is 1. The van der Waals surface area contributed by atoms with Gasteiger partial charge in [0.1, 0.15) is 25.4 Å². The summed E-state index contributed by atoms with van der Waals surface area (Å²) >= 11 is 0. The highest BCUT2D eigenvalue weighted by Gasteiger charge is 2.17. The molecule has 5 heteroatoms. The van der Waals surface area contributed by atoms with Crippen LogP contribution in [-0.4, -0.2) is 19.6 Å². The zero-order valence-electron chi connectivity index (χ0n) is 18.7. The highest BCUT2D eigenvalue weighted by Crippen LogP contribution is 2.12. The molecule has 0 spiro atoms. The fourth-order valence-corrected chi connectivity index (χ4v) is 3.55. The van der Waals surface area contributed by atoms with Gasteiger partial charge in [-0.3, -0.25) is 4.79 Å². The lowest BCUT2D eigenvalue weighted by atomic mass is 10.1. The molecule has 1 atom stereocenters. The number of furan rings is 1. The van der Waals surface area contributed by atoms with Crippen LogP contribution in [0.15, 0.2) is 71.1 Å². The molecule has 0 radical (unpaired) electrons.